The molecule has 33 heavy (non-hydrogen) atoms. The van der Waals surface area contributed by atoms with Gasteiger partial charge in [-0.15, -0.1) is 0 Å². The van der Waals surface area contributed by atoms with Crippen molar-refractivity contribution in [1.29, 1.82) is 0 Å². The molecule has 5 nitrogen and oxygen atoms in total. The van der Waals surface area contributed by atoms with Gasteiger partial charge < -0.3 is 4.90 Å². The summed E-state index contributed by atoms with van der Waals surface area (Å²) in [5.74, 6) is 0.000135. The lowest BCUT2D eigenvalue weighted by Gasteiger charge is -2.28. The Balaban J connectivity index is 1.48. The van der Waals surface area contributed by atoms with Crippen molar-refractivity contribution in [1.82, 2.24) is 19.6 Å². The van der Waals surface area contributed by atoms with Gasteiger partial charge in [-0.3, -0.25) is 9.69 Å². The first-order valence-electron chi connectivity index (χ1n) is 11.6. The molecule has 1 aromatic heterocycles. The Morgan fingerprint density at radius 2 is 1.94 bits per heavy atom. The van der Waals surface area contributed by atoms with Crippen LogP contribution in [0, 0.1) is 5.82 Å². The van der Waals surface area contributed by atoms with E-state index in [-0.39, 0.29) is 11.7 Å². The number of rotatable bonds is 7. The largest absolute Gasteiger partial charge is 0.334 e. The van der Waals surface area contributed by atoms with Crippen LogP contribution < -0.4 is 0 Å². The molecular formula is C26H28ClFN4O. The molecule has 0 spiro atoms. The third-order valence-electron chi connectivity index (χ3n) is 6.57. The van der Waals surface area contributed by atoms with Gasteiger partial charge in [-0.2, -0.15) is 5.10 Å². The predicted molar refractivity (Wildman–Crippen MR) is 127 cm³/mol. The molecule has 7 heteroatoms. The molecule has 1 aliphatic heterocycles. The number of aromatic nitrogens is 2. The maximum absolute atomic E-state index is 14.3. The zero-order chi connectivity index (χ0) is 22.9. The van der Waals surface area contributed by atoms with E-state index in [1.54, 1.807) is 6.07 Å². The second kappa shape index (κ2) is 9.27. The number of carbonyl (C=O) groups excluding carboxylic acids is 1. The molecule has 1 aliphatic carbocycles. The molecule has 1 fully saturated rings. The highest BCUT2D eigenvalue weighted by molar-refractivity contribution is 6.30. The van der Waals surface area contributed by atoms with Crippen LogP contribution in [0.3, 0.4) is 0 Å². The number of amides is 1. The first kappa shape index (κ1) is 22.1. The zero-order valence-corrected chi connectivity index (χ0v) is 19.6. The van der Waals surface area contributed by atoms with Crippen LogP contribution in [-0.4, -0.2) is 38.1 Å². The van der Waals surface area contributed by atoms with E-state index in [2.05, 4.69) is 4.90 Å². The molecule has 5 rings (SSSR count). The Morgan fingerprint density at radius 1 is 1.18 bits per heavy atom. The van der Waals surface area contributed by atoms with Crippen LogP contribution in [0.5, 0.6) is 0 Å². The number of nitrogens with zero attached hydrogens (tertiary/aromatic N) is 4. The molecule has 2 aliphatic rings. The van der Waals surface area contributed by atoms with Crippen molar-refractivity contribution in [3.05, 3.63) is 81.9 Å². The number of hydrogen-bond acceptors (Lipinski definition) is 3. The van der Waals surface area contributed by atoms with Crippen molar-refractivity contribution in [3.63, 3.8) is 0 Å². The van der Waals surface area contributed by atoms with Crippen LogP contribution in [0.25, 0.3) is 5.69 Å². The average molecular weight is 467 g/mol. The summed E-state index contributed by atoms with van der Waals surface area (Å²) in [6.07, 6.45) is 3.43. The number of fused-ring (bicyclic) bond motifs is 1. The van der Waals surface area contributed by atoms with E-state index >= 15 is 0 Å². The van der Waals surface area contributed by atoms with Gasteiger partial charge in [0.2, 0.25) is 5.91 Å². The zero-order valence-electron chi connectivity index (χ0n) is 18.8. The number of hydrogen-bond donors (Lipinski definition) is 0. The lowest BCUT2D eigenvalue weighted by molar-refractivity contribution is -0.132. The van der Waals surface area contributed by atoms with Gasteiger partial charge in [0.25, 0.3) is 0 Å². The topological polar surface area (TPSA) is 41.4 Å². The van der Waals surface area contributed by atoms with Crippen molar-refractivity contribution in [3.8, 4) is 5.69 Å². The summed E-state index contributed by atoms with van der Waals surface area (Å²) in [5.41, 5.74) is 4.92. The van der Waals surface area contributed by atoms with Crippen LogP contribution in [0.15, 0.2) is 48.5 Å². The Morgan fingerprint density at radius 3 is 2.64 bits per heavy atom. The monoisotopic (exact) mass is 466 g/mol. The maximum atomic E-state index is 14.3. The maximum Gasteiger partial charge on any atom is 0.222 e. The molecule has 0 N–H and O–H groups in total. The van der Waals surface area contributed by atoms with E-state index in [1.807, 2.05) is 52.9 Å². The minimum Gasteiger partial charge on any atom is -0.334 e. The van der Waals surface area contributed by atoms with E-state index in [9.17, 15) is 9.18 Å². The number of benzene rings is 2. The van der Waals surface area contributed by atoms with Crippen LogP contribution in [0.2, 0.25) is 5.02 Å². The van der Waals surface area contributed by atoms with Gasteiger partial charge in [-0.25, -0.2) is 9.07 Å². The van der Waals surface area contributed by atoms with Gasteiger partial charge in [0.05, 0.1) is 23.6 Å². The Hall–Kier alpha value is -2.70. The van der Waals surface area contributed by atoms with Gasteiger partial charge in [0.1, 0.15) is 5.82 Å². The van der Waals surface area contributed by atoms with E-state index in [0.717, 1.165) is 48.4 Å². The molecule has 2 heterocycles. The van der Waals surface area contributed by atoms with Crippen LogP contribution in [0.4, 0.5) is 4.39 Å². The van der Waals surface area contributed by atoms with Gasteiger partial charge in [-0.05, 0) is 43.2 Å². The molecule has 0 unspecified atom stereocenters. The average Bonchev–Trinajstić information content (AvgIpc) is 3.61. The van der Waals surface area contributed by atoms with Gasteiger partial charge in [0.15, 0.2) is 0 Å². The smallest absolute Gasteiger partial charge is 0.222 e. The molecule has 1 saturated carbocycles. The SMILES string of the molecule is CCC(=O)N(Cc1nn(-c2ccc(Cl)cc2)c2c1CN(Cc1ccccc1F)CC2)C1CC1. The molecule has 3 aromatic rings. The molecule has 172 valence electrons. The van der Waals surface area contributed by atoms with Crippen molar-refractivity contribution in [2.45, 2.75) is 58.3 Å². The minimum atomic E-state index is -0.172. The van der Waals surface area contributed by atoms with Crippen molar-refractivity contribution >= 4 is 17.5 Å². The van der Waals surface area contributed by atoms with E-state index in [4.69, 9.17) is 16.7 Å². The first-order chi connectivity index (χ1) is 16.0. The van der Waals surface area contributed by atoms with Gasteiger partial charge in [0, 0.05) is 54.7 Å². The molecule has 0 bridgehead atoms. The summed E-state index contributed by atoms with van der Waals surface area (Å²) in [4.78, 5) is 16.9. The van der Waals surface area contributed by atoms with Crippen molar-refractivity contribution in [2.75, 3.05) is 6.54 Å². The highest BCUT2D eigenvalue weighted by Gasteiger charge is 2.34. The highest BCUT2D eigenvalue weighted by Crippen LogP contribution is 2.32. The van der Waals surface area contributed by atoms with Crippen LogP contribution in [0.1, 0.15) is 48.7 Å². The predicted octanol–water partition coefficient (Wildman–Crippen LogP) is 5.12. The molecule has 0 atom stereocenters. The third kappa shape index (κ3) is 4.68. The number of carbonyl (C=O) groups is 1. The van der Waals surface area contributed by atoms with Crippen molar-refractivity contribution in [2.24, 2.45) is 0 Å². The van der Waals surface area contributed by atoms with E-state index in [1.165, 1.54) is 6.07 Å². The van der Waals surface area contributed by atoms with Gasteiger partial charge in [-0.1, -0.05) is 36.7 Å². The summed E-state index contributed by atoms with van der Waals surface area (Å²) < 4.78 is 16.3. The van der Waals surface area contributed by atoms with Crippen molar-refractivity contribution < 1.29 is 9.18 Å². The Labute approximate surface area is 198 Å². The lowest BCUT2D eigenvalue weighted by Crippen LogP contribution is -2.34. The fourth-order valence-electron chi connectivity index (χ4n) is 4.64. The normalized spacial score (nSPS) is 16.0. The van der Waals surface area contributed by atoms with E-state index in [0.29, 0.717) is 42.7 Å². The molecule has 0 saturated heterocycles. The fraction of sp³-hybridized carbons (Fsp3) is 0.385. The summed E-state index contributed by atoms with van der Waals surface area (Å²) in [7, 11) is 0. The molecule has 1 amide bonds. The fourth-order valence-corrected chi connectivity index (χ4v) is 4.76. The minimum absolute atomic E-state index is 0.172. The summed E-state index contributed by atoms with van der Waals surface area (Å²) >= 11 is 6.11. The second-order valence-electron chi connectivity index (χ2n) is 8.92. The Bertz CT molecular complexity index is 1160. The third-order valence-corrected chi connectivity index (χ3v) is 6.83. The quantitative estimate of drug-likeness (QED) is 0.485. The van der Waals surface area contributed by atoms with Gasteiger partial charge >= 0.3 is 0 Å². The van der Waals surface area contributed by atoms with Crippen LogP contribution >= 0.6 is 11.6 Å². The first-order valence-corrected chi connectivity index (χ1v) is 12.0. The van der Waals surface area contributed by atoms with E-state index < -0.39 is 0 Å². The second-order valence-corrected chi connectivity index (χ2v) is 9.36. The Kier molecular flexibility index (Phi) is 6.21. The standard InChI is InChI=1S/C26H28ClFN4O/c1-2-26(33)31(20-11-12-20)17-24-22-16-30(15-18-5-3-4-6-23(18)28)14-13-25(22)32(29-24)21-9-7-19(27)8-10-21/h3-10,20H,2,11-17H2,1H3. The highest BCUT2D eigenvalue weighted by atomic mass is 35.5. The summed E-state index contributed by atoms with van der Waals surface area (Å²) in [5, 5.41) is 5.68. The lowest BCUT2D eigenvalue weighted by atomic mass is 10.0. The summed E-state index contributed by atoms with van der Waals surface area (Å²) in [6.45, 7) is 4.49. The molecule has 0 radical (unpaired) electrons. The summed E-state index contributed by atoms with van der Waals surface area (Å²) in [6, 6.07) is 15.0. The number of halogens is 2. The molecular weight excluding hydrogens is 439 g/mol. The molecule has 2 aromatic carbocycles. The van der Waals surface area contributed by atoms with Crippen LogP contribution in [-0.2, 0) is 30.8 Å².